The fourth-order valence-electron chi connectivity index (χ4n) is 2.18. The Morgan fingerprint density at radius 1 is 1.39 bits per heavy atom. The molecule has 5 nitrogen and oxygen atoms in total. The molecule has 0 aromatic carbocycles. The Labute approximate surface area is 107 Å². The molecule has 5 heteroatoms. The van der Waals surface area contributed by atoms with Gasteiger partial charge in [-0.3, -0.25) is 14.5 Å². The zero-order chi connectivity index (χ0) is 14.1. The highest BCUT2D eigenvalue weighted by atomic mass is 16.5. The molecule has 1 aliphatic rings. The highest BCUT2D eigenvalue weighted by molar-refractivity contribution is 6.08. The van der Waals surface area contributed by atoms with Crippen LogP contribution in [0.1, 0.15) is 40.5 Å². The van der Waals surface area contributed by atoms with E-state index in [2.05, 4.69) is 0 Å². The lowest BCUT2D eigenvalue weighted by atomic mass is 9.92. The van der Waals surface area contributed by atoms with Gasteiger partial charge in [0.1, 0.15) is 6.04 Å². The summed E-state index contributed by atoms with van der Waals surface area (Å²) in [6.45, 7) is 7.31. The molecule has 18 heavy (non-hydrogen) atoms. The van der Waals surface area contributed by atoms with E-state index in [1.807, 2.05) is 13.8 Å². The van der Waals surface area contributed by atoms with Crippen molar-refractivity contribution in [3.8, 4) is 0 Å². The Morgan fingerprint density at radius 2 is 1.94 bits per heavy atom. The Kier molecular flexibility index (Phi) is 4.14. The Morgan fingerprint density at radius 3 is 2.28 bits per heavy atom. The lowest BCUT2D eigenvalue weighted by Crippen LogP contribution is -2.47. The van der Waals surface area contributed by atoms with Gasteiger partial charge >= 0.3 is 5.97 Å². The summed E-state index contributed by atoms with van der Waals surface area (Å²) in [5, 5.41) is 0. The van der Waals surface area contributed by atoms with Crippen LogP contribution in [0.2, 0.25) is 0 Å². The van der Waals surface area contributed by atoms with Crippen LogP contribution in [0.25, 0.3) is 0 Å². The molecule has 102 valence electrons. The van der Waals surface area contributed by atoms with Crippen molar-refractivity contribution in [2.75, 3.05) is 7.11 Å². The molecule has 0 bridgehead atoms. The first-order chi connectivity index (χ1) is 8.20. The highest BCUT2D eigenvalue weighted by Gasteiger charge is 2.49. The van der Waals surface area contributed by atoms with Crippen molar-refractivity contribution in [1.29, 1.82) is 0 Å². The van der Waals surface area contributed by atoms with Gasteiger partial charge in [-0.05, 0) is 12.3 Å². The largest absolute Gasteiger partial charge is 0.467 e. The summed E-state index contributed by atoms with van der Waals surface area (Å²) >= 11 is 0. The van der Waals surface area contributed by atoms with Crippen LogP contribution in [0.15, 0.2) is 0 Å². The Balaban J connectivity index is 3.02. The number of hydrogen-bond donors (Lipinski definition) is 0. The summed E-state index contributed by atoms with van der Waals surface area (Å²) in [5.41, 5.74) is -0.722. The highest BCUT2D eigenvalue weighted by Crippen LogP contribution is 2.34. The molecule has 1 aliphatic heterocycles. The molecule has 0 unspecified atom stereocenters. The zero-order valence-electron chi connectivity index (χ0n) is 11.6. The number of ether oxygens (including phenoxy) is 1. The van der Waals surface area contributed by atoms with E-state index in [9.17, 15) is 14.4 Å². The van der Waals surface area contributed by atoms with Gasteiger partial charge in [0.05, 0.1) is 12.5 Å². The maximum atomic E-state index is 12.2. The number of esters is 1. The smallest absolute Gasteiger partial charge is 0.329 e. The van der Waals surface area contributed by atoms with Gasteiger partial charge in [0, 0.05) is 6.42 Å². The van der Waals surface area contributed by atoms with Crippen molar-refractivity contribution in [2.45, 2.75) is 46.6 Å². The molecule has 1 fully saturated rings. The van der Waals surface area contributed by atoms with E-state index >= 15 is 0 Å². The van der Waals surface area contributed by atoms with Crippen LogP contribution in [-0.2, 0) is 19.1 Å². The maximum Gasteiger partial charge on any atom is 0.329 e. The molecule has 0 radical (unpaired) electrons. The van der Waals surface area contributed by atoms with Crippen molar-refractivity contribution in [3.05, 3.63) is 0 Å². The van der Waals surface area contributed by atoms with Crippen molar-refractivity contribution in [3.63, 3.8) is 0 Å². The van der Waals surface area contributed by atoms with Gasteiger partial charge in [0.2, 0.25) is 11.8 Å². The summed E-state index contributed by atoms with van der Waals surface area (Å²) in [6.07, 6.45) is 0.581. The lowest BCUT2D eigenvalue weighted by molar-refractivity contribution is -0.158. The monoisotopic (exact) mass is 255 g/mol. The first-order valence-corrected chi connectivity index (χ1v) is 6.15. The van der Waals surface area contributed by atoms with E-state index < -0.39 is 17.4 Å². The van der Waals surface area contributed by atoms with Gasteiger partial charge in [0.15, 0.2) is 0 Å². The van der Waals surface area contributed by atoms with Crippen LogP contribution >= 0.6 is 0 Å². The number of hydrogen-bond acceptors (Lipinski definition) is 4. The van der Waals surface area contributed by atoms with Crippen LogP contribution < -0.4 is 0 Å². The number of carbonyl (C=O) groups is 3. The van der Waals surface area contributed by atoms with E-state index in [-0.39, 0.29) is 24.2 Å². The van der Waals surface area contributed by atoms with Gasteiger partial charge in [-0.25, -0.2) is 4.79 Å². The third-order valence-corrected chi connectivity index (χ3v) is 3.14. The minimum Gasteiger partial charge on any atom is -0.467 e. The molecule has 0 aromatic heterocycles. The molecule has 0 spiro atoms. The summed E-state index contributed by atoms with van der Waals surface area (Å²) in [7, 11) is 1.27. The predicted molar refractivity (Wildman–Crippen MR) is 65.5 cm³/mol. The summed E-state index contributed by atoms with van der Waals surface area (Å²) < 4.78 is 4.71. The maximum absolute atomic E-state index is 12.2. The summed E-state index contributed by atoms with van der Waals surface area (Å²) in [6, 6.07) is -0.795. The number of imide groups is 1. The molecular formula is C13H21NO4. The fraction of sp³-hybridized carbons (Fsp3) is 0.769. The van der Waals surface area contributed by atoms with E-state index in [0.29, 0.717) is 6.42 Å². The Hall–Kier alpha value is -1.39. The molecule has 0 aliphatic carbocycles. The predicted octanol–water partition coefficient (Wildman–Crippen LogP) is 1.36. The van der Waals surface area contributed by atoms with Crippen molar-refractivity contribution >= 4 is 17.8 Å². The minimum absolute atomic E-state index is 0.150. The normalized spacial score (nSPS) is 20.4. The van der Waals surface area contributed by atoms with Crippen molar-refractivity contribution in [2.24, 2.45) is 11.3 Å². The third-order valence-electron chi connectivity index (χ3n) is 3.14. The van der Waals surface area contributed by atoms with Crippen LogP contribution in [0.4, 0.5) is 0 Å². The summed E-state index contributed by atoms with van der Waals surface area (Å²) in [4.78, 5) is 37.0. The molecule has 0 N–H and O–H groups in total. The molecule has 1 rings (SSSR count). The SMILES string of the molecule is COC(=O)[C@H](CC(C)C)N1C(=O)CC(C)(C)C1=O. The quantitative estimate of drug-likeness (QED) is 0.562. The molecule has 0 aromatic rings. The number of nitrogens with zero attached hydrogens (tertiary/aromatic N) is 1. The average Bonchev–Trinajstić information content (AvgIpc) is 2.44. The second kappa shape index (κ2) is 5.08. The van der Waals surface area contributed by atoms with Gasteiger partial charge < -0.3 is 4.74 Å². The topological polar surface area (TPSA) is 63.7 Å². The first kappa shape index (κ1) is 14.7. The standard InChI is InChI=1S/C13H21NO4/c1-8(2)6-9(11(16)18-5)14-10(15)7-13(3,4)12(14)17/h8-9H,6-7H2,1-5H3/t9-/m0/s1. The van der Waals surface area contributed by atoms with Crippen LogP contribution in [0, 0.1) is 11.3 Å². The van der Waals surface area contributed by atoms with Crippen LogP contribution in [-0.4, -0.2) is 35.8 Å². The molecule has 1 saturated heterocycles. The fourth-order valence-corrected chi connectivity index (χ4v) is 2.18. The molecule has 1 atom stereocenters. The number of likely N-dealkylation sites (tertiary alicyclic amines) is 1. The minimum atomic E-state index is -0.795. The summed E-state index contributed by atoms with van der Waals surface area (Å²) in [5.74, 6) is -0.911. The second-order valence-electron chi connectivity index (χ2n) is 5.80. The zero-order valence-corrected chi connectivity index (χ0v) is 11.6. The average molecular weight is 255 g/mol. The molecular weight excluding hydrogens is 234 g/mol. The third kappa shape index (κ3) is 2.71. The van der Waals surface area contributed by atoms with Crippen LogP contribution in [0.5, 0.6) is 0 Å². The molecule has 2 amide bonds. The molecule has 0 saturated carbocycles. The molecule has 1 heterocycles. The van der Waals surface area contributed by atoms with Gasteiger partial charge in [-0.2, -0.15) is 0 Å². The Bertz CT molecular complexity index is 373. The van der Waals surface area contributed by atoms with Gasteiger partial charge in [-0.1, -0.05) is 27.7 Å². The number of rotatable bonds is 4. The second-order valence-corrected chi connectivity index (χ2v) is 5.80. The number of methoxy groups -OCH3 is 1. The van der Waals surface area contributed by atoms with Crippen molar-refractivity contribution in [1.82, 2.24) is 4.90 Å². The van der Waals surface area contributed by atoms with E-state index in [4.69, 9.17) is 4.74 Å². The van der Waals surface area contributed by atoms with E-state index in [1.54, 1.807) is 13.8 Å². The lowest BCUT2D eigenvalue weighted by Gasteiger charge is -2.26. The van der Waals surface area contributed by atoms with Crippen molar-refractivity contribution < 1.29 is 19.1 Å². The number of carbonyl (C=O) groups excluding carboxylic acids is 3. The van der Waals surface area contributed by atoms with Gasteiger partial charge in [-0.15, -0.1) is 0 Å². The number of amides is 2. The van der Waals surface area contributed by atoms with E-state index in [1.165, 1.54) is 7.11 Å². The van der Waals surface area contributed by atoms with Gasteiger partial charge in [0.25, 0.3) is 0 Å². The van der Waals surface area contributed by atoms with E-state index in [0.717, 1.165) is 4.90 Å². The first-order valence-electron chi connectivity index (χ1n) is 6.15. The van der Waals surface area contributed by atoms with Crippen LogP contribution in [0.3, 0.4) is 0 Å².